The summed E-state index contributed by atoms with van der Waals surface area (Å²) in [7, 11) is -0.879. The van der Waals surface area contributed by atoms with E-state index in [2.05, 4.69) is 21.2 Å². The van der Waals surface area contributed by atoms with Crippen LogP contribution in [0.3, 0.4) is 0 Å². The van der Waals surface area contributed by atoms with Crippen LogP contribution in [-0.2, 0) is 17.0 Å². The SMILES string of the molecule is O=C(NC1CCS(=O)CC1)c1ccc(Br)cc1C(F)(F)F. The first-order chi connectivity index (χ1) is 9.77. The number of rotatable bonds is 2. The number of benzene rings is 1. The molecule has 0 spiro atoms. The summed E-state index contributed by atoms with van der Waals surface area (Å²) < 4.78 is 50.4. The Morgan fingerprint density at radius 2 is 1.90 bits per heavy atom. The van der Waals surface area contributed by atoms with Crippen LogP contribution >= 0.6 is 15.9 Å². The van der Waals surface area contributed by atoms with Crippen LogP contribution in [0.5, 0.6) is 0 Å². The van der Waals surface area contributed by atoms with Gasteiger partial charge in [0.15, 0.2) is 0 Å². The summed E-state index contributed by atoms with van der Waals surface area (Å²) in [6, 6.07) is 3.23. The zero-order valence-electron chi connectivity index (χ0n) is 10.9. The zero-order valence-corrected chi connectivity index (χ0v) is 13.3. The Kier molecular flexibility index (Phi) is 5.08. The highest BCUT2D eigenvalue weighted by Gasteiger charge is 2.35. The summed E-state index contributed by atoms with van der Waals surface area (Å²) in [6.07, 6.45) is -3.54. The van der Waals surface area contributed by atoms with Gasteiger partial charge in [0, 0.05) is 32.8 Å². The largest absolute Gasteiger partial charge is 0.417 e. The summed E-state index contributed by atoms with van der Waals surface area (Å²) >= 11 is 2.98. The van der Waals surface area contributed by atoms with Crippen molar-refractivity contribution in [1.82, 2.24) is 5.32 Å². The molecule has 1 fully saturated rings. The summed E-state index contributed by atoms with van der Waals surface area (Å²) in [4.78, 5) is 12.1. The Labute approximate surface area is 130 Å². The monoisotopic (exact) mass is 383 g/mol. The van der Waals surface area contributed by atoms with E-state index < -0.39 is 34.0 Å². The van der Waals surface area contributed by atoms with Crippen LogP contribution in [0, 0.1) is 0 Å². The van der Waals surface area contributed by atoms with E-state index in [0.717, 1.165) is 12.1 Å². The topological polar surface area (TPSA) is 46.2 Å². The van der Waals surface area contributed by atoms with Gasteiger partial charge in [-0.1, -0.05) is 15.9 Å². The van der Waals surface area contributed by atoms with Crippen LogP contribution in [0.1, 0.15) is 28.8 Å². The lowest BCUT2D eigenvalue weighted by molar-refractivity contribution is -0.138. The van der Waals surface area contributed by atoms with Crippen LogP contribution < -0.4 is 5.32 Å². The molecule has 0 unspecified atom stereocenters. The van der Waals surface area contributed by atoms with Gasteiger partial charge in [-0.15, -0.1) is 0 Å². The van der Waals surface area contributed by atoms with E-state index in [9.17, 15) is 22.2 Å². The maximum atomic E-state index is 13.0. The second-order valence-electron chi connectivity index (χ2n) is 4.78. The molecule has 1 saturated heterocycles. The molecule has 2 rings (SSSR count). The van der Waals surface area contributed by atoms with Crippen LogP contribution in [-0.4, -0.2) is 27.7 Å². The second-order valence-corrected chi connectivity index (χ2v) is 7.40. The molecule has 8 heteroatoms. The fraction of sp³-hybridized carbons (Fsp3) is 0.462. The van der Waals surface area contributed by atoms with Crippen molar-refractivity contribution in [3.63, 3.8) is 0 Å². The van der Waals surface area contributed by atoms with Crippen molar-refractivity contribution in [3.8, 4) is 0 Å². The quantitative estimate of drug-likeness (QED) is 0.852. The fourth-order valence-electron chi connectivity index (χ4n) is 2.15. The van der Waals surface area contributed by atoms with Crippen LogP contribution in [0.2, 0.25) is 0 Å². The molecule has 0 atom stereocenters. The number of hydrogen-bond acceptors (Lipinski definition) is 2. The van der Waals surface area contributed by atoms with Crippen molar-refractivity contribution < 1.29 is 22.2 Å². The van der Waals surface area contributed by atoms with Gasteiger partial charge in [0.1, 0.15) is 0 Å². The number of carbonyl (C=O) groups excluding carboxylic acids is 1. The van der Waals surface area contributed by atoms with E-state index in [1.165, 1.54) is 6.07 Å². The molecular formula is C13H13BrF3NO2S. The Morgan fingerprint density at radius 1 is 1.29 bits per heavy atom. The molecule has 3 nitrogen and oxygen atoms in total. The predicted octanol–water partition coefficient (Wildman–Crippen LogP) is 3.11. The number of nitrogens with one attached hydrogen (secondary N) is 1. The Balaban J connectivity index is 2.17. The van der Waals surface area contributed by atoms with Gasteiger partial charge in [0.25, 0.3) is 5.91 Å². The van der Waals surface area contributed by atoms with E-state index in [1.54, 1.807) is 0 Å². The molecule has 1 aromatic rings. The number of hydrogen-bond donors (Lipinski definition) is 1. The number of halogens is 4. The lowest BCUT2D eigenvalue weighted by Gasteiger charge is -2.23. The Morgan fingerprint density at radius 3 is 2.48 bits per heavy atom. The molecule has 1 aliphatic heterocycles. The maximum Gasteiger partial charge on any atom is 0.417 e. The summed E-state index contributed by atoms with van der Waals surface area (Å²) in [5.41, 5.74) is -1.36. The van der Waals surface area contributed by atoms with Crippen molar-refractivity contribution in [2.24, 2.45) is 0 Å². The number of alkyl halides is 3. The molecule has 1 aromatic carbocycles. The molecule has 0 bridgehead atoms. The standard InChI is InChI=1S/C13H13BrF3NO2S/c14-8-1-2-10(11(7-8)13(15,16)17)12(19)18-9-3-5-21(20)6-4-9/h1-2,7,9H,3-6H2,(H,18,19). The van der Waals surface area contributed by atoms with Crippen molar-refractivity contribution in [2.45, 2.75) is 25.1 Å². The summed E-state index contributed by atoms with van der Waals surface area (Å²) in [6.45, 7) is 0. The highest BCUT2D eigenvalue weighted by molar-refractivity contribution is 9.10. The van der Waals surface area contributed by atoms with Crippen molar-refractivity contribution in [2.75, 3.05) is 11.5 Å². The van der Waals surface area contributed by atoms with Gasteiger partial charge in [0.2, 0.25) is 0 Å². The normalized spacial score (nSPS) is 22.9. The molecule has 1 heterocycles. The lowest BCUT2D eigenvalue weighted by Crippen LogP contribution is -2.40. The Hall–Kier alpha value is -0.890. The number of carbonyl (C=O) groups is 1. The van der Waals surface area contributed by atoms with E-state index in [0.29, 0.717) is 24.3 Å². The molecule has 1 amide bonds. The molecule has 0 aliphatic carbocycles. The second kappa shape index (κ2) is 6.48. The first kappa shape index (κ1) is 16.5. The molecule has 21 heavy (non-hydrogen) atoms. The van der Waals surface area contributed by atoms with E-state index >= 15 is 0 Å². The van der Waals surface area contributed by atoms with E-state index in [-0.39, 0.29) is 10.5 Å². The number of amides is 1. The van der Waals surface area contributed by atoms with Crippen molar-refractivity contribution >= 4 is 32.6 Å². The predicted molar refractivity (Wildman–Crippen MR) is 77.5 cm³/mol. The minimum atomic E-state index is -4.59. The first-order valence-corrected chi connectivity index (χ1v) is 8.58. The average Bonchev–Trinajstić information content (AvgIpc) is 2.40. The zero-order chi connectivity index (χ0) is 15.6. The van der Waals surface area contributed by atoms with Gasteiger partial charge in [0.05, 0.1) is 11.1 Å². The Bertz CT molecular complexity index is 567. The van der Waals surface area contributed by atoms with Gasteiger partial charge in [-0.2, -0.15) is 13.2 Å². The third-order valence-electron chi connectivity index (χ3n) is 3.25. The summed E-state index contributed by atoms with van der Waals surface area (Å²) in [5.74, 6) is 0.196. The lowest BCUT2D eigenvalue weighted by atomic mass is 10.1. The van der Waals surface area contributed by atoms with Crippen molar-refractivity contribution in [3.05, 3.63) is 33.8 Å². The molecule has 0 saturated carbocycles. The maximum absolute atomic E-state index is 13.0. The third kappa shape index (κ3) is 4.29. The molecule has 1 aliphatic rings. The van der Waals surface area contributed by atoms with E-state index in [4.69, 9.17) is 0 Å². The molecule has 0 aromatic heterocycles. The minimum Gasteiger partial charge on any atom is -0.349 e. The van der Waals surface area contributed by atoms with Gasteiger partial charge in [-0.3, -0.25) is 9.00 Å². The van der Waals surface area contributed by atoms with Gasteiger partial charge in [-0.25, -0.2) is 0 Å². The minimum absolute atomic E-state index is 0.222. The van der Waals surface area contributed by atoms with Gasteiger partial charge >= 0.3 is 6.18 Å². The summed E-state index contributed by atoms with van der Waals surface area (Å²) in [5, 5.41) is 2.60. The van der Waals surface area contributed by atoms with Crippen molar-refractivity contribution in [1.29, 1.82) is 0 Å². The van der Waals surface area contributed by atoms with Gasteiger partial charge in [-0.05, 0) is 31.0 Å². The fourth-order valence-corrected chi connectivity index (χ4v) is 3.81. The average molecular weight is 384 g/mol. The van der Waals surface area contributed by atoms with Crippen LogP contribution in [0.4, 0.5) is 13.2 Å². The smallest absolute Gasteiger partial charge is 0.349 e. The highest BCUT2D eigenvalue weighted by atomic mass is 79.9. The highest BCUT2D eigenvalue weighted by Crippen LogP contribution is 2.34. The van der Waals surface area contributed by atoms with Crippen LogP contribution in [0.25, 0.3) is 0 Å². The molecular weight excluding hydrogens is 371 g/mol. The van der Waals surface area contributed by atoms with Gasteiger partial charge < -0.3 is 5.32 Å². The first-order valence-electron chi connectivity index (χ1n) is 6.30. The van der Waals surface area contributed by atoms with E-state index in [1.807, 2.05) is 0 Å². The molecule has 116 valence electrons. The third-order valence-corrected chi connectivity index (χ3v) is 5.13. The molecule has 1 N–H and O–H groups in total. The molecule has 0 radical (unpaired) electrons. The van der Waals surface area contributed by atoms with Crippen LogP contribution in [0.15, 0.2) is 22.7 Å².